The average Bonchev–Trinajstić information content (AvgIpc) is 3.23. The van der Waals surface area contributed by atoms with E-state index in [0.717, 1.165) is 47.9 Å². The SMILES string of the molecule is Cc1cn2c(n1)CC[C@H](NC(=O)[C@@H]1C[C@@H]1c1ccccc1Cl)C2. The van der Waals surface area contributed by atoms with Crippen LogP contribution in [0.1, 0.15) is 35.8 Å². The minimum atomic E-state index is 0.0702. The van der Waals surface area contributed by atoms with E-state index >= 15 is 0 Å². The van der Waals surface area contributed by atoms with E-state index in [2.05, 4.69) is 21.1 Å². The molecule has 1 aromatic carbocycles. The van der Waals surface area contributed by atoms with E-state index in [4.69, 9.17) is 11.6 Å². The molecule has 23 heavy (non-hydrogen) atoms. The first-order valence-electron chi connectivity index (χ1n) is 8.19. The number of hydrogen-bond donors (Lipinski definition) is 1. The minimum Gasteiger partial charge on any atom is -0.351 e. The third-order valence-electron chi connectivity index (χ3n) is 4.89. The summed E-state index contributed by atoms with van der Waals surface area (Å²) in [5.74, 6) is 1.65. The summed E-state index contributed by atoms with van der Waals surface area (Å²) >= 11 is 6.24. The van der Waals surface area contributed by atoms with Gasteiger partial charge in [0.2, 0.25) is 5.91 Å². The molecule has 0 spiro atoms. The molecule has 1 aliphatic heterocycles. The standard InChI is InChI=1S/C18H20ClN3O/c1-11-9-22-10-12(6-7-17(22)20-11)21-18(23)15-8-14(15)13-4-2-3-5-16(13)19/h2-5,9,12,14-15H,6-8,10H2,1H3,(H,21,23)/t12-,14+,15+/m0/s1. The van der Waals surface area contributed by atoms with E-state index in [0.29, 0.717) is 0 Å². The molecular formula is C18H20ClN3O. The van der Waals surface area contributed by atoms with Gasteiger partial charge in [-0.15, -0.1) is 0 Å². The molecule has 1 saturated carbocycles. The first-order valence-corrected chi connectivity index (χ1v) is 8.57. The number of carbonyl (C=O) groups is 1. The molecule has 0 saturated heterocycles. The van der Waals surface area contributed by atoms with Crippen LogP contribution in [0.3, 0.4) is 0 Å². The molecule has 4 nitrogen and oxygen atoms in total. The van der Waals surface area contributed by atoms with Crippen LogP contribution in [-0.2, 0) is 17.8 Å². The second kappa shape index (κ2) is 5.68. The summed E-state index contributed by atoms with van der Waals surface area (Å²) in [6, 6.07) is 8.04. The summed E-state index contributed by atoms with van der Waals surface area (Å²) in [4.78, 5) is 17.0. The molecule has 2 aromatic rings. The zero-order valence-electron chi connectivity index (χ0n) is 13.1. The van der Waals surface area contributed by atoms with E-state index < -0.39 is 0 Å². The Balaban J connectivity index is 1.38. The molecule has 0 radical (unpaired) electrons. The van der Waals surface area contributed by atoms with Gasteiger partial charge in [0, 0.05) is 36.1 Å². The maximum Gasteiger partial charge on any atom is 0.224 e. The molecule has 1 aliphatic carbocycles. The predicted molar refractivity (Wildman–Crippen MR) is 89.5 cm³/mol. The Labute approximate surface area is 140 Å². The first kappa shape index (κ1) is 14.8. The van der Waals surface area contributed by atoms with Gasteiger partial charge in [-0.25, -0.2) is 4.98 Å². The Morgan fingerprint density at radius 3 is 3.04 bits per heavy atom. The van der Waals surface area contributed by atoms with Gasteiger partial charge in [0.25, 0.3) is 0 Å². The van der Waals surface area contributed by atoms with Crippen LogP contribution in [0.2, 0.25) is 5.02 Å². The number of aromatic nitrogens is 2. The molecular weight excluding hydrogens is 310 g/mol. The molecule has 1 amide bonds. The van der Waals surface area contributed by atoms with E-state index in [9.17, 15) is 4.79 Å². The van der Waals surface area contributed by atoms with Crippen molar-refractivity contribution in [3.8, 4) is 0 Å². The van der Waals surface area contributed by atoms with Crippen molar-refractivity contribution < 1.29 is 4.79 Å². The van der Waals surface area contributed by atoms with Gasteiger partial charge in [-0.05, 0) is 37.3 Å². The topological polar surface area (TPSA) is 46.9 Å². The zero-order chi connectivity index (χ0) is 16.0. The van der Waals surface area contributed by atoms with Crippen LogP contribution < -0.4 is 5.32 Å². The van der Waals surface area contributed by atoms with Gasteiger partial charge < -0.3 is 9.88 Å². The Morgan fingerprint density at radius 1 is 1.39 bits per heavy atom. The van der Waals surface area contributed by atoms with Crippen LogP contribution in [0, 0.1) is 12.8 Å². The lowest BCUT2D eigenvalue weighted by molar-refractivity contribution is -0.123. The third-order valence-corrected chi connectivity index (χ3v) is 5.24. The minimum absolute atomic E-state index is 0.0702. The average molecular weight is 330 g/mol. The second-order valence-electron chi connectivity index (χ2n) is 6.67. The number of aryl methyl sites for hydroxylation is 2. The Hall–Kier alpha value is -1.81. The number of carbonyl (C=O) groups excluding carboxylic acids is 1. The fourth-order valence-corrected chi connectivity index (χ4v) is 3.89. The summed E-state index contributed by atoms with van der Waals surface area (Å²) in [5, 5.41) is 3.99. The zero-order valence-corrected chi connectivity index (χ0v) is 13.9. The maximum absolute atomic E-state index is 12.5. The Morgan fingerprint density at radius 2 is 2.22 bits per heavy atom. The summed E-state index contributed by atoms with van der Waals surface area (Å²) in [6.07, 6.45) is 4.86. The van der Waals surface area contributed by atoms with E-state index in [1.807, 2.05) is 31.2 Å². The molecule has 5 heteroatoms. The van der Waals surface area contributed by atoms with Crippen molar-refractivity contribution in [3.05, 3.63) is 52.6 Å². The molecule has 2 heterocycles. The molecule has 1 aromatic heterocycles. The molecule has 1 N–H and O–H groups in total. The third kappa shape index (κ3) is 2.88. The maximum atomic E-state index is 12.5. The number of halogens is 1. The number of nitrogens with zero attached hydrogens (tertiary/aromatic N) is 2. The van der Waals surface area contributed by atoms with Gasteiger partial charge in [0.15, 0.2) is 0 Å². The van der Waals surface area contributed by atoms with Gasteiger partial charge in [0.05, 0.1) is 5.69 Å². The van der Waals surface area contributed by atoms with Gasteiger partial charge >= 0.3 is 0 Å². The number of hydrogen-bond acceptors (Lipinski definition) is 2. The molecule has 4 rings (SSSR count). The number of amides is 1. The number of nitrogens with one attached hydrogen (secondary N) is 1. The van der Waals surface area contributed by atoms with Crippen molar-refractivity contribution >= 4 is 17.5 Å². The summed E-state index contributed by atoms with van der Waals surface area (Å²) in [6.45, 7) is 2.84. The van der Waals surface area contributed by atoms with Gasteiger partial charge in [0.1, 0.15) is 5.82 Å². The van der Waals surface area contributed by atoms with Crippen LogP contribution in [0.15, 0.2) is 30.5 Å². The number of rotatable bonds is 3. The lowest BCUT2D eigenvalue weighted by Gasteiger charge is -2.24. The van der Waals surface area contributed by atoms with Crippen molar-refractivity contribution in [1.82, 2.24) is 14.9 Å². The second-order valence-corrected chi connectivity index (χ2v) is 7.07. The van der Waals surface area contributed by atoms with Crippen molar-refractivity contribution in [1.29, 1.82) is 0 Å². The predicted octanol–water partition coefficient (Wildman–Crippen LogP) is 3.08. The van der Waals surface area contributed by atoms with E-state index in [1.165, 1.54) is 0 Å². The van der Waals surface area contributed by atoms with E-state index in [-0.39, 0.29) is 23.8 Å². The van der Waals surface area contributed by atoms with Crippen molar-refractivity contribution in [3.63, 3.8) is 0 Å². The number of imidazole rings is 1. The monoisotopic (exact) mass is 329 g/mol. The van der Waals surface area contributed by atoms with Crippen molar-refractivity contribution in [2.24, 2.45) is 5.92 Å². The van der Waals surface area contributed by atoms with Crippen LogP contribution in [-0.4, -0.2) is 21.5 Å². The van der Waals surface area contributed by atoms with Crippen LogP contribution in [0.4, 0.5) is 0 Å². The molecule has 1 fully saturated rings. The summed E-state index contributed by atoms with van der Waals surface area (Å²) < 4.78 is 2.17. The van der Waals surface area contributed by atoms with Crippen molar-refractivity contribution in [2.45, 2.75) is 44.7 Å². The smallest absolute Gasteiger partial charge is 0.224 e. The van der Waals surface area contributed by atoms with Gasteiger partial charge in [-0.1, -0.05) is 29.8 Å². The molecule has 0 bridgehead atoms. The lowest BCUT2D eigenvalue weighted by atomic mass is 10.1. The van der Waals surface area contributed by atoms with Gasteiger partial charge in [-0.2, -0.15) is 0 Å². The highest BCUT2D eigenvalue weighted by atomic mass is 35.5. The van der Waals surface area contributed by atoms with Crippen LogP contribution in [0.25, 0.3) is 0 Å². The van der Waals surface area contributed by atoms with Crippen LogP contribution >= 0.6 is 11.6 Å². The number of fused-ring (bicyclic) bond motifs is 1. The molecule has 2 aliphatic rings. The summed E-state index contributed by atoms with van der Waals surface area (Å²) in [5.41, 5.74) is 2.15. The highest BCUT2D eigenvalue weighted by Crippen LogP contribution is 2.49. The normalized spacial score (nSPS) is 25.7. The summed E-state index contributed by atoms with van der Waals surface area (Å²) in [7, 11) is 0. The largest absolute Gasteiger partial charge is 0.351 e. The van der Waals surface area contributed by atoms with Gasteiger partial charge in [-0.3, -0.25) is 4.79 Å². The van der Waals surface area contributed by atoms with Crippen molar-refractivity contribution in [2.75, 3.05) is 0 Å². The highest BCUT2D eigenvalue weighted by Gasteiger charge is 2.45. The fraction of sp³-hybridized carbons (Fsp3) is 0.444. The Kier molecular flexibility index (Phi) is 3.64. The molecule has 0 unspecified atom stereocenters. The Bertz CT molecular complexity index is 754. The number of benzene rings is 1. The van der Waals surface area contributed by atoms with E-state index in [1.54, 1.807) is 0 Å². The lowest BCUT2D eigenvalue weighted by Crippen LogP contribution is -2.41. The molecule has 3 atom stereocenters. The fourth-order valence-electron chi connectivity index (χ4n) is 3.62. The molecule has 120 valence electrons. The van der Waals surface area contributed by atoms with Crippen LogP contribution in [0.5, 0.6) is 0 Å². The highest BCUT2D eigenvalue weighted by molar-refractivity contribution is 6.31. The first-order chi connectivity index (χ1) is 11.1. The quantitative estimate of drug-likeness (QED) is 0.940.